The van der Waals surface area contributed by atoms with Crippen molar-refractivity contribution in [3.63, 3.8) is 0 Å². The topological polar surface area (TPSA) is 30.5 Å². The quantitative estimate of drug-likeness (QED) is 0.860. The molecule has 128 valence electrons. The summed E-state index contributed by atoms with van der Waals surface area (Å²) in [5.41, 5.74) is 1.71. The van der Waals surface area contributed by atoms with Crippen molar-refractivity contribution in [2.75, 3.05) is 20.2 Å². The maximum atomic E-state index is 13.9. The van der Waals surface area contributed by atoms with E-state index < -0.39 is 0 Å². The second-order valence-electron chi connectivity index (χ2n) is 5.96. The van der Waals surface area contributed by atoms with Gasteiger partial charge in [-0.15, -0.1) is 0 Å². The summed E-state index contributed by atoms with van der Waals surface area (Å²) < 4.78 is 25.1. The zero-order valence-corrected chi connectivity index (χ0v) is 14.4. The average Bonchev–Trinajstić information content (AvgIpc) is 2.61. The molecule has 0 spiro atoms. The summed E-state index contributed by atoms with van der Waals surface area (Å²) in [4.78, 5) is 0. The van der Waals surface area contributed by atoms with Gasteiger partial charge in [0.15, 0.2) is 11.5 Å². The van der Waals surface area contributed by atoms with Crippen molar-refractivity contribution in [2.24, 2.45) is 0 Å². The Morgan fingerprint density at radius 3 is 2.62 bits per heavy atom. The third kappa shape index (κ3) is 4.00. The molecule has 1 aliphatic heterocycles. The molecule has 5 heteroatoms. The molecule has 24 heavy (non-hydrogen) atoms. The van der Waals surface area contributed by atoms with Crippen LogP contribution >= 0.6 is 11.6 Å². The molecule has 0 amide bonds. The molecule has 2 aromatic rings. The van der Waals surface area contributed by atoms with Gasteiger partial charge in [-0.2, -0.15) is 0 Å². The van der Waals surface area contributed by atoms with Gasteiger partial charge in [-0.3, -0.25) is 0 Å². The first-order valence-corrected chi connectivity index (χ1v) is 8.50. The molecule has 2 aromatic carbocycles. The molecule has 1 fully saturated rings. The Balaban J connectivity index is 1.77. The third-order valence-corrected chi connectivity index (χ3v) is 4.63. The van der Waals surface area contributed by atoms with Crippen LogP contribution in [0.15, 0.2) is 36.4 Å². The van der Waals surface area contributed by atoms with Crippen LogP contribution in [-0.2, 0) is 6.61 Å². The number of ether oxygens (including phenoxy) is 2. The number of halogens is 2. The van der Waals surface area contributed by atoms with E-state index in [4.69, 9.17) is 21.1 Å². The van der Waals surface area contributed by atoms with Crippen LogP contribution < -0.4 is 14.8 Å². The highest BCUT2D eigenvalue weighted by atomic mass is 35.5. The predicted molar refractivity (Wildman–Crippen MR) is 93.6 cm³/mol. The van der Waals surface area contributed by atoms with Crippen molar-refractivity contribution in [3.8, 4) is 11.5 Å². The summed E-state index contributed by atoms with van der Waals surface area (Å²) in [7, 11) is 1.61. The molecule has 1 heterocycles. The molecule has 1 N–H and O–H groups in total. The SMILES string of the molecule is COc1ccc(C2CCNCC2)cc1OCc1ccc(Cl)cc1F. The number of nitrogens with one attached hydrogen (secondary N) is 1. The Morgan fingerprint density at radius 1 is 1.12 bits per heavy atom. The molecular formula is C19H21ClFNO2. The van der Waals surface area contributed by atoms with Crippen molar-refractivity contribution in [1.29, 1.82) is 0 Å². The summed E-state index contributed by atoms with van der Waals surface area (Å²) in [6.45, 7) is 2.20. The first kappa shape index (κ1) is 17.1. The minimum absolute atomic E-state index is 0.134. The lowest BCUT2D eigenvalue weighted by atomic mass is 9.90. The van der Waals surface area contributed by atoms with Gasteiger partial charge in [0.25, 0.3) is 0 Å². The molecule has 0 aromatic heterocycles. The highest BCUT2D eigenvalue weighted by Crippen LogP contribution is 2.34. The largest absolute Gasteiger partial charge is 0.493 e. The highest BCUT2D eigenvalue weighted by Gasteiger charge is 2.17. The van der Waals surface area contributed by atoms with Crippen LogP contribution in [0.1, 0.15) is 29.9 Å². The predicted octanol–water partition coefficient (Wildman–Crippen LogP) is 4.53. The van der Waals surface area contributed by atoms with Gasteiger partial charge in [0.05, 0.1) is 7.11 Å². The van der Waals surface area contributed by atoms with E-state index in [9.17, 15) is 4.39 Å². The van der Waals surface area contributed by atoms with E-state index in [-0.39, 0.29) is 12.4 Å². The van der Waals surface area contributed by atoms with Crippen LogP contribution in [-0.4, -0.2) is 20.2 Å². The maximum absolute atomic E-state index is 13.9. The Bertz CT molecular complexity index is 702. The van der Waals surface area contributed by atoms with Crippen LogP contribution in [0.3, 0.4) is 0 Å². The second kappa shape index (κ2) is 7.86. The number of methoxy groups -OCH3 is 1. The molecule has 3 rings (SSSR count). The summed E-state index contributed by atoms with van der Waals surface area (Å²) in [5, 5.41) is 3.75. The van der Waals surface area contributed by atoms with Gasteiger partial charge >= 0.3 is 0 Å². The van der Waals surface area contributed by atoms with Gasteiger partial charge in [0.2, 0.25) is 0 Å². The molecule has 1 saturated heterocycles. The van der Waals surface area contributed by atoms with Gasteiger partial charge in [-0.25, -0.2) is 4.39 Å². The van der Waals surface area contributed by atoms with E-state index in [1.54, 1.807) is 19.2 Å². The fourth-order valence-corrected chi connectivity index (χ4v) is 3.17. The number of benzene rings is 2. The Kier molecular flexibility index (Phi) is 5.59. The van der Waals surface area contributed by atoms with Crippen LogP contribution in [0.4, 0.5) is 4.39 Å². The standard InChI is InChI=1S/C19H21ClFNO2/c1-23-18-5-3-14(13-6-8-22-9-7-13)10-19(18)24-12-15-2-4-16(20)11-17(15)21/h2-5,10-11,13,22H,6-9,12H2,1H3. The fourth-order valence-electron chi connectivity index (χ4n) is 3.01. The molecule has 1 aliphatic rings. The van der Waals surface area contributed by atoms with Crippen molar-refractivity contribution in [1.82, 2.24) is 5.32 Å². The molecule has 3 nitrogen and oxygen atoms in total. The first-order valence-electron chi connectivity index (χ1n) is 8.13. The minimum Gasteiger partial charge on any atom is -0.493 e. The van der Waals surface area contributed by atoms with Crippen molar-refractivity contribution in [2.45, 2.75) is 25.4 Å². The van der Waals surface area contributed by atoms with Gasteiger partial charge in [-0.05, 0) is 61.7 Å². The fraction of sp³-hybridized carbons (Fsp3) is 0.368. The Labute approximate surface area is 146 Å². The Morgan fingerprint density at radius 2 is 1.92 bits per heavy atom. The van der Waals surface area contributed by atoms with Gasteiger partial charge < -0.3 is 14.8 Å². The van der Waals surface area contributed by atoms with E-state index in [2.05, 4.69) is 11.4 Å². The van der Waals surface area contributed by atoms with Gasteiger partial charge in [-0.1, -0.05) is 23.7 Å². The summed E-state index contributed by atoms with van der Waals surface area (Å²) in [6, 6.07) is 10.6. The average molecular weight is 350 g/mol. The van der Waals surface area contributed by atoms with Gasteiger partial charge in [0, 0.05) is 10.6 Å². The summed E-state index contributed by atoms with van der Waals surface area (Å²) >= 11 is 5.78. The van der Waals surface area contributed by atoms with E-state index >= 15 is 0 Å². The van der Waals surface area contributed by atoms with E-state index in [1.807, 2.05) is 12.1 Å². The lowest BCUT2D eigenvalue weighted by Crippen LogP contribution is -2.26. The summed E-state index contributed by atoms with van der Waals surface area (Å²) in [6.07, 6.45) is 2.22. The van der Waals surface area contributed by atoms with Gasteiger partial charge in [0.1, 0.15) is 12.4 Å². The molecule has 0 unspecified atom stereocenters. The zero-order valence-electron chi connectivity index (χ0n) is 13.6. The molecule has 0 aliphatic carbocycles. The van der Waals surface area contributed by atoms with Crippen LogP contribution in [0, 0.1) is 5.82 Å². The molecule has 0 saturated carbocycles. The van der Waals surface area contributed by atoms with Crippen molar-refractivity contribution in [3.05, 3.63) is 58.4 Å². The monoisotopic (exact) mass is 349 g/mol. The first-order chi connectivity index (χ1) is 11.7. The van der Waals surface area contributed by atoms with E-state index in [0.29, 0.717) is 28.0 Å². The number of rotatable bonds is 5. The van der Waals surface area contributed by atoms with Crippen molar-refractivity contribution >= 4 is 11.6 Å². The molecule has 0 bridgehead atoms. The Hall–Kier alpha value is -1.78. The van der Waals surface area contributed by atoms with Crippen molar-refractivity contribution < 1.29 is 13.9 Å². The smallest absolute Gasteiger partial charge is 0.161 e. The second-order valence-corrected chi connectivity index (χ2v) is 6.40. The van der Waals surface area contributed by atoms with Crippen LogP contribution in [0.2, 0.25) is 5.02 Å². The number of piperidine rings is 1. The maximum Gasteiger partial charge on any atom is 0.161 e. The lowest BCUT2D eigenvalue weighted by molar-refractivity contribution is 0.279. The van der Waals surface area contributed by atoms with Crippen LogP contribution in [0.25, 0.3) is 0 Å². The molecule has 0 radical (unpaired) electrons. The number of hydrogen-bond donors (Lipinski definition) is 1. The highest BCUT2D eigenvalue weighted by molar-refractivity contribution is 6.30. The molecule has 0 atom stereocenters. The minimum atomic E-state index is -0.365. The molecular weight excluding hydrogens is 329 g/mol. The van der Waals surface area contributed by atoms with E-state index in [0.717, 1.165) is 25.9 Å². The lowest BCUT2D eigenvalue weighted by Gasteiger charge is -2.24. The van der Waals surface area contributed by atoms with E-state index in [1.165, 1.54) is 11.6 Å². The number of hydrogen-bond acceptors (Lipinski definition) is 3. The zero-order chi connectivity index (χ0) is 16.9. The normalized spacial score (nSPS) is 15.3. The third-order valence-electron chi connectivity index (χ3n) is 4.40. The summed E-state index contributed by atoms with van der Waals surface area (Å²) in [5.74, 6) is 1.45. The van der Waals surface area contributed by atoms with Crippen LogP contribution in [0.5, 0.6) is 11.5 Å².